The molecule has 0 saturated carbocycles. The Morgan fingerprint density at radius 2 is 1.48 bits per heavy atom. The lowest BCUT2D eigenvalue weighted by Gasteiger charge is -2.14. The number of aliphatic imine (C=N–C) groups is 1. The maximum absolute atomic E-state index is 5.07. The molecule has 0 N–H and O–H groups in total. The van der Waals surface area contributed by atoms with Crippen LogP contribution in [-0.2, 0) is 0 Å². The number of benzene rings is 1. The molecule has 1 unspecified atom stereocenters. The van der Waals surface area contributed by atoms with Gasteiger partial charge in [-0.2, -0.15) is 0 Å². The molecule has 6 heteroatoms. The number of fused-ring (bicyclic) bond motifs is 1. The second-order valence-corrected chi connectivity index (χ2v) is 15.0. The fourth-order valence-electron chi connectivity index (χ4n) is 2.68. The summed E-state index contributed by atoms with van der Waals surface area (Å²) in [6.07, 6.45) is 0. The predicted octanol–water partition coefficient (Wildman–Crippen LogP) is 8.71. The van der Waals surface area contributed by atoms with Crippen LogP contribution in [0.1, 0.15) is 57.3 Å². The number of rotatable bonds is 7. The smallest absolute Gasteiger partial charge is 0.108 e. The first kappa shape index (κ1) is 21.7. The Balaban J connectivity index is 2.11. The zero-order valence-corrected chi connectivity index (χ0v) is 20.8. The van der Waals surface area contributed by atoms with Gasteiger partial charge < -0.3 is 0 Å². The van der Waals surface area contributed by atoms with E-state index in [-0.39, 0.29) is 0 Å². The third-order valence-electron chi connectivity index (χ3n) is 3.62. The minimum Gasteiger partial charge on any atom is -0.241 e. The average molecular weight is 454 g/mol. The lowest BCUT2D eigenvalue weighted by atomic mass is 10.2. The van der Waals surface area contributed by atoms with Crippen molar-refractivity contribution in [3.8, 4) is 0 Å². The summed E-state index contributed by atoms with van der Waals surface area (Å²) in [5.74, 6) is 0. The van der Waals surface area contributed by atoms with Crippen LogP contribution in [0.3, 0.4) is 0 Å². The van der Waals surface area contributed by atoms with Crippen molar-refractivity contribution in [2.75, 3.05) is 0 Å². The highest BCUT2D eigenvalue weighted by Gasteiger charge is 2.37. The maximum atomic E-state index is 5.07. The number of hydrogen-bond acceptors (Lipinski definition) is 6. The van der Waals surface area contributed by atoms with E-state index >= 15 is 0 Å². The molecular formula is C21H27NS5. The summed E-state index contributed by atoms with van der Waals surface area (Å²) in [6, 6.07) is 10.4. The van der Waals surface area contributed by atoms with Crippen LogP contribution in [0.4, 0.5) is 5.69 Å². The molecule has 2 aromatic rings. The molecule has 0 fully saturated rings. The predicted molar refractivity (Wildman–Crippen MR) is 132 cm³/mol. The van der Waals surface area contributed by atoms with E-state index in [1.165, 1.54) is 24.6 Å². The van der Waals surface area contributed by atoms with Crippen molar-refractivity contribution in [2.24, 2.45) is 4.99 Å². The van der Waals surface area contributed by atoms with Crippen molar-refractivity contribution < 1.29 is 0 Å². The van der Waals surface area contributed by atoms with Crippen LogP contribution < -0.4 is 0 Å². The molecule has 0 saturated heterocycles. The highest BCUT2D eigenvalue weighted by molar-refractivity contribution is 8.25. The van der Waals surface area contributed by atoms with E-state index in [0.29, 0.717) is 20.3 Å². The molecule has 1 aliphatic rings. The molecule has 0 amide bonds. The highest BCUT2D eigenvalue weighted by Crippen LogP contribution is 2.59. The van der Waals surface area contributed by atoms with Crippen molar-refractivity contribution in [3.05, 3.63) is 41.5 Å². The Hall–Kier alpha value is -0.0100. The Bertz CT molecular complexity index is 792. The fourth-order valence-corrected chi connectivity index (χ4v) is 10.7. The zero-order valence-electron chi connectivity index (χ0n) is 16.7. The molecule has 146 valence electrons. The monoisotopic (exact) mass is 453 g/mol. The number of thiophene rings is 1. The summed E-state index contributed by atoms with van der Waals surface area (Å²) in [5.41, 5.74) is 3.99. The maximum Gasteiger partial charge on any atom is 0.108 e. The second-order valence-electron chi connectivity index (χ2n) is 7.19. The van der Waals surface area contributed by atoms with Gasteiger partial charge in [0.1, 0.15) is 5.04 Å². The van der Waals surface area contributed by atoms with Crippen LogP contribution in [0.25, 0.3) is 0 Å². The SMILES string of the molecule is CC(C)Sc1sc(SC(C)C)c2c1C(=Nc1ccccc1)SC2SC(C)C. The molecule has 1 atom stereocenters. The van der Waals surface area contributed by atoms with Crippen molar-refractivity contribution in [1.82, 2.24) is 0 Å². The molecule has 27 heavy (non-hydrogen) atoms. The van der Waals surface area contributed by atoms with E-state index in [9.17, 15) is 0 Å². The number of hydrogen-bond donors (Lipinski definition) is 0. The van der Waals surface area contributed by atoms with Crippen LogP contribution in [0.5, 0.6) is 0 Å². The van der Waals surface area contributed by atoms with Gasteiger partial charge in [-0.1, -0.05) is 71.5 Å². The van der Waals surface area contributed by atoms with Gasteiger partial charge >= 0.3 is 0 Å². The third-order valence-corrected chi connectivity index (χ3v) is 9.90. The number of thioether (sulfide) groups is 4. The van der Waals surface area contributed by atoms with Crippen molar-refractivity contribution in [2.45, 2.75) is 70.3 Å². The molecule has 1 aromatic carbocycles. The number of nitrogens with zero attached hydrogens (tertiary/aromatic N) is 1. The van der Waals surface area contributed by atoms with Crippen LogP contribution in [0, 0.1) is 0 Å². The van der Waals surface area contributed by atoms with Crippen molar-refractivity contribution >= 4 is 69.1 Å². The van der Waals surface area contributed by atoms with Gasteiger partial charge in [0.05, 0.1) is 18.7 Å². The van der Waals surface area contributed by atoms with E-state index in [0.717, 1.165) is 5.69 Å². The topological polar surface area (TPSA) is 12.4 Å². The molecule has 1 aliphatic heterocycles. The van der Waals surface area contributed by atoms with Crippen LogP contribution in [-0.4, -0.2) is 20.8 Å². The van der Waals surface area contributed by atoms with E-state index < -0.39 is 0 Å². The molecule has 0 spiro atoms. The minimum atomic E-state index is 0.446. The summed E-state index contributed by atoms with van der Waals surface area (Å²) >= 11 is 9.99. The Morgan fingerprint density at radius 3 is 2.07 bits per heavy atom. The fraction of sp³-hybridized carbons (Fsp3) is 0.476. The zero-order chi connectivity index (χ0) is 19.6. The van der Waals surface area contributed by atoms with E-state index in [4.69, 9.17) is 4.99 Å². The summed E-state index contributed by atoms with van der Waals surface area (Å²) < 4.78 is 3.38. The van der Waals surface area contributed by atoms with Crippen molar-refractivity contribution in [3.63, 3.8) is 0 Å². The van der Waals surface area contributed by atoms with Crippen molar-refractivity contribution in [1.29, 1.82) is 0 Å². The standard InChI is InChI=1S/C21H27NS5/c1-12(2)23-19-16-17(21(27-19)25-14(5)6)20(24-13(3)4)26-18(16)22-15-10-8-7-9-11-15/h7-14,20H,1-6H3. The lowest BCUT2D eigenvalue weighted by Crippen LogP contribution is -1.94. The first-order valence-electron chi connectivity index (χ1n) is 9.31. The molecule has 0 aliphatic carbocycles. The first-order valence-corrected chi connectivity index (χ1v) is 13.7. The normalized spacial score (nSPS) is 18.3. The van der Waals surface area contributed by atoms with E-state index in [1.807, 2.05) is 46.6 Å². The summed E-state index contributed by atoms with van der Waals surface area (Å²) in [6.45, 7) is 13.7. The summed E-state index contributed by atoms with van der Waals surface area (Å²) in [4.78, 5) is 5.07. The van der Waals surface area contributed by atoms with Gasteiger partial charge in [-0.3, -0.25) is 0 Å². The van der Waals surface area contributed by atoms with E-state index in [1.54, 1.807) is 0 Å². The van der Waals surface area contributed by atoms with E-state index in [2.05, 4.69) is 83.6 Å². The molecule has 3 rings (SSSR count). The molecule has 2 heterocycles. The van der Waals surface area contributed by atoms with Crippen LogP contribution in [0.2, 0.25) is 0 Å². The quantitative estimate of drug-likeness (QED) is 0.388. The van der Waals surface area contributed by atoms with Gasteiger partial charge in [-0.05, 0) is 12.1 Å². The number of para-hydroxylation sites is 1. The molecule has 0 radical (unpaired) electrons. The largest absolute Gasteiger partial charge is 0.241 e. The molecule has 0 bridgehead atoms. The Labute approximate surface area is 185 Å². The minimum absolute atomic E-state index is 0.446. The average Bonchev–Trinajstić information content (AvgIpc) is 3.07. The highest BCUT2D eigenvalue weighted by atomic mass is 32.2. The Kier molecular flexibility index (Phi) is 7.76. The lowest BCUT2D eigenvalue weighted by molar-refractivity contribution is 1.10. The Morgan fingerprint density at radius 1 is 0.852 bits per heavy atom. The molecule has 1 nitrogen and oxygen atoms in total. The van der Waals surface area contributed by atoms with Crippen LogP contribution >= 0.6 is 58.4 Å². The van der Waals surface area contributed by atoms with Gasteiger partial charge in [0.25, 0.3) is 0 Å². The van der Waals surface area contributed by atoms with Gasteiger partial charge in [0.15, 0.2) is 0 Å². The molecule has 1 aromatic heterocycles. The van der Waals surface area contributed by atoms with Gasteiger partial charge in [-0.25, -0.2) is 4.99 Å². The summed E-state index contributed by atoms with van der Waals surface area (Å²) in [5, 5.41) is 2.97. The van der Waals surface area contributed by atoms with Crippen LogP contribution in [0.15, 0.2) is 43.7 Å². The summed E-state index contributed by atoms with van der Waals surface area (Å²) in [7, 11) is 0. The molecular weight excluding hydrogens is 427 g/mol. The van der Waals surface area contributed by atoms with Gasteiger partial charge in [-0.15, -0.1) is 46.6 Å². The first-order chi connectivity index (χ1) is 12.8. The third kappa shape index (κ3) is 5.53. The van der Waals surface area contributed by atoms with Gasteiger partial charge in [0.2, 0.25) is 0 Å². The van der Waals surface area contributed by atoms with Gasteiger partial charge in [0, 0.05) is 26.9 Å². The second kappa shape index (κ2) is 9.66.